The van der Waals surface area contributed by atoms with E-state index >= 15 is 0 Å². The van der Waals surface area contributed by atoms with Crippen LogP contribution < -0.4 is 4.90 Å². The molecular weight excluding hydrogens is 228 g/mol. The zero-order valence-corrected chi connectivity index (χ0v) is 8.21. The van der Waals surface area contributed by atoms with Gasteiger partial charge in [0.15, 0.2) is 11.6 Å². The summed E-state index contributed by atoms with van der Waals surface area (Å²) in [6, 6.07) is 0.554. The van der Waals surface area contributed by atoms with Crippen molar-refractivity contribution in [1.82, 2.24) is 4.98 Å². The summed E-state index contributed by atoms with van der Waals surface area (Å²) < 4.78 is 50.1. The second-order valence-corrected chi connectivity index (χ2v) is 3.02. The van der Waals surface area contributed by atoms with E-state index in [9.17, 15) is 17.6 Å². The Balaban J connectivity index is 2.91. The van der Waals surface area contributed by atoms with Crippen LogP contribution in [-0.4, -0.2) is 36.2 Å². The summed E-state index contributed by atoms with van der Waals surface area (Å²) in [5, 5.41) is 8.65. The van der Waals surface area contributed by atoms with Gasteiger partial charge in [0.25, 0.3) is 6.43 Å². The number of aliphatic hydroxyl groups is 1. The first-order valence-corrected chi connectivity index (χ1v) is 4.49. The van der Waals surface area contributed by atoms with Crippen molar-refractivity contribution in [3.8, 4) is 0 Å². The minimum Gasteiger partial charge on any atom is -0.395 e. The molecule has 0 aliphatic carbocycles. The van der Waals surface area contributed by atoms with Crippen molar-refractivity contribution >= 4 is 5.82 Å². The minimum absolute atomic E-state index is 0.195. The van der Waals surface area contributed by atoms with Crippen LogP contribution in [0.2, 0.25) is 0 Å². The summed E-state index contributed by atoms with van der Waals surface area (Å²) >= 11 is 0. The Morgan fingerprint density at radius 3 is 2.56 bits per heavy atom. The Morgan fingerprint density at radius 1 is 1.38 bits per heavy atom. The second kappa shape index (κ2) is 5.64. The number of pyridine rings is 1. The van der Waals surface area contributed by atoms with Crippen LogP contribution in [0.5, 0.6) is 0 Å². The topological polar surface area (TPSA) is 36.4 Å². The van der Waals surface area contributed by atoms with Crippen LogP contribution in [0.25, 0.3) is 0 Å². The van der Waals surface area contributed by atoms with E-state index in [0.717, 1.165) is 11.1 Å². The number of hydrogen-bond donors (Lipinski definition) is 1. The van der Waals surface area contributed by atoms with Crippen LogP contribution in [0.15, 0.2) is 12.3 Å². The normalized spacial score (nSPS) is 10.9. The predicted octanol–water partition coefficient (Wildman–Crippen LogP) is 1.42. The van der Waals surface area contributed by atoms with E-state index < -0.39 is 37.0 Å². The van der Waals surface area contributed by atoms with Gasteiger partial charge in [0.05, 0.1) is 19.3 Å². The summed E-state index contributed by atoms with van der Waals surface area (Å²) in [4.78, 5) is 4.24. The number of halogens is 4. The number of aromatic nitrogens is 1. The lowest BCUT2D eigenvalue weighted by Gasteiger charge is -2.22. The second-order valence-electron chi connectivity index (χ2n) is 3.02. The zero-order valence-electron chi connectivity index (χ0n) is 8.21. The lowest BCUT2D eigenvalue weighted by molar-refractivity contribution is 0.152. The molecule has 0 fully saturated rings. The molecule has 1 N–H and O–H groups in total. The fraction of sp³-hybridized carbons (Fsp3) is 0.444. The van der Waals surface area contributed by atoms with Gasteiger partial charge in [0.2, 0.25) is 0 Å². The van der Waals surface area contributed by atoms with Gasteiger partial charge >= 0.3 is 0 Å². The molecule has 0 amide bonds. The maximum absolute atomic E-state index is 13.2. The third kappa shape index (κ3) is 3.34. The molecule has 16 heavy (non-hydrogen) atoms. The zero-order chi connectivity index (χ0) is 12.1. The average molecular weight is 238 g/mol. The van der Waals surface area contributed by atoms with Gasteiger partial charge in [0.1, 0.15) is 5.82 Å². The summed E-state index contributed by atoms with van der Waals surface area (Å²) in [5.74, 6) is -2.31. The highest BCUT2D eigenvalue weighted by Crippen LogP contribution is 2.17. The molecule has 0 spiro atoms. The van der Waals surface area contributed by atoms with E-state index in [1.165, 1.54) is 0 Å². The van der Waals surface area contributed by atoms with E-state index in [1.807, 2.05) is 0 Å². The number of alkyl halides is 2. The van der Waals surface area contributed by atoms with E-state index in [0.29, 0.717) is 6.07 Å². The molecule has 0 aliphatic rings. The highest BCUT2D eigenvalue weighted by Gasteiger charge is 2.17. The molecule has 0 saturated carbocycles. The first-order valence-electron chi connectivity index (χ1n) is 4.49. The summed E-state index contributed by atoms with van der Waals surface area (Å²) in [6.45, 7) is -1.39. The minimum atomic E-state index is -2.70. The number of hydrogen-bond acceptors (Lipinski definition) is 3. The molecule has 0 radical (unpaired) electrons. The highest BCUT2D eigenvalue weighted by atomic mass is 19.3. The molecule has 1 aromatic rings. The van der Waals surface area contributed by atoms with Crippen molar-refractivity contribution in [2.75, 3.05) is 24.6 Å². The summed E-state index contributed by atoms with van der Waals surface area (Å²) in [6.07, 6.45) is -1.97. The van der Waals surface area contributed by atoms with Gasteiger partial charge in [-0.3, -0.25) is 0 Å². The van der Waals surface area contributed by atoms with Gasteiger partial charge in [-0.15, -0.1) is 0 Å². The fourth-order valence-corrected chi connectivity index (χ4v) is 1.21. The monoisotopic (exact) mass is 238 g/mol. The van der Waals surface area contributed by atoms with Crippen molar-refractivity contribution in [2.45, 2.75) is 6.43 Å². The molecular formula is C9H10F4N2O. The lowest BCUT2D eigenvalue weighted by Crippen LogP contribution is -2.33. The molecule has 0 unspecified atom stereocenters. The Bertz CT molecular complexity index is 348. The molecule has 0 aliphatic heterocycles. The fourth-order valence-electron chi connectivity index (χ4n) is 1.21. The largest absolute Gasteiger partial charge is 0.395 e. The van der Waals surface area contributed by atoms with Crippen LogP contribution in [0.4, 0.5) is 23.4 Å². The van der Waals surface area contributed by atoms with Crippen LogP contribution >= 0.6 is 0 Å². The van der Waals surface area contributed by atoms with Crippen LogP contribution in [0.1, 0.15) is 0 Å². The molecule has 0 atom stereocenters. The Kier molecular flexibility index (Phi) is 4.48. The maximum Gasteiger partial charge on any atom is 0.255 e. The van der Waals surface area contributed by atoms with E-state index in [2.05, 4.69) is 4.98 Å². The molecule has 0 bridgehead atoms. The van der Waals surface area contributed by atoms with Gasteiger partial charge in [-0.05, 0) is 0 Å². The van der Waals surface area contributed by atoms with Crippen LogP contribution in [-0.2, 0) is 0 Å². The van der Waals surface area contributed by atoms with E-state index in [4.69, 9.17) is 5.11 Å². The standard InChI is InChI=1S/C9H10F4N2O/c10-6-3-7(11)9(14-4-6)15(1-2-16)5-8(12)13/h3-4,8,16H,1-2,5H2. The van der Waals surface area contributed by atoms with Crippen LogP contribution in [0, 0.1) is 11.6 Å². The van der Waals surface area contributed by atoms with Gasteiger partial charge in [0, 0.05) is 12.6 Å². The molecule has 1 aromatic heterocycles. The quantitative estimate of drug-likeness (QED) is 0.788. The van der Waals surface area contributed by atoms with Gasteiger partial charge in [-0.25, -0.2) is 22.5 Å². The van der Waals surface area contributed by atoms with Gasteiger partial charge in [-0.1, -0.05) is 0 Å². The van der Waals surface area contributed by atoms with Crippen molar-refractivity contribution in [3.63, 3.8) is 0 Å². The molecule has 0 saturated heterocycles. The van der Waals surface area contributed by atoms with Crippen molar-refractivity contribution in [1.29, 1.82) is 0 Å². The molecule has 7 heteroatoms. The molecule has 1 rings (SSSR count). The SMILES string of the molecule is OCCN(CC(F)F)c1ncc(F)cc1F. The highest BCUT2D eigenvalue weighted by molar-refractivity contribution is 5.39. The lowest BCUT2D eigenvalue weighted by atomic mass is 10.3. The Hall–Kier alpha value is -1.37. The van der Waals surface area contributed by atoms with E-state index in [1.54, 1.807) is 0 Å². The number of rotatable bonds is 5. The number of anilines is 1. The Labute approximate surface area is 89.3 Å². The molecule has 3 nitrogen and oxygen atoms in total. The first-order chi connectivity index (χ1) is 7.54. The number of aliphatic hydroxyl groups excluding tert-OH is 1. The van der Waals surface area contributed by atoms with Gasteiger partial charge < -0.3 is 10.0 Å². The number of nitrogens with zero attached hydrogens (tertiary/aromatic N) is 2. The predicted molar refractivity (Wildman–Crippen MR) is 49.5 cm³/mol. The molecule has 90 valence electrons. The third-order valence-electron chi connectivity index (χ3n) is 1.82. The van der Waals surface area contributed by atoms with Gasteiger partial charge in [-0.2, -0.15) is 0 Å². The smallest absolute Gasteiger partial charge is 0.255 e. The molecule has 0 aromatic carbocycles. The van der Waals surface area contributed by atoms with Crippen molar-refractivity contribution in [3.05, 3.63) is 23.9 Å². The summed E-state index contributed by atoms with van der Waals surface area (Å²) in [5.41, 5.74) is 0. The third-order valence-corrected chi connectivity index (χ3v) is 1.82. The van der Waals surface area contributed by atoms with Crippen molar-refractivity contribution in [2.24, 2.45) is 0 Å². The maximum atomic E-state index is 13.2. The Morgan fingerprint density at radius 2 is 2.06 bits per heavy atom. The summed E-state index contributed by atoms with van der Waals surface area (Å²) in [7, 11) is 0. The first kappa shape index (κ1) is 12.7. The average Bonchev–Trinajstić information content (AvgIpc) is 2.16. The molecule has 1 heterocycles. The van der Waals surface area contributed by atoms with Crippen molar-refractivity contribution < 1.29 is 22.7 Å². The van der Waals surface area contributed by atoms with E-state index in [-0.39, 0.29) is 6.54 Å². The van der Waals surface area contributed by atoms with Crippen LogP contribution in [0.3, 0.4) is 0 Å².